The highest BCUT2D eigenvalue weighted by atomic mass is 16.1. The van der Waals surface area contributed by atoms with Crippen LogP contribution in [0.5, 0.6) is 0 Å². The Morgan fingerprint density at radius 3 is 2.94 bits per heavy atom. The number of carbonyl (C=O) groups is 1. The normalized spacial score (nSPS) is 32.2. The van der Waals surface area contributed by atoms with Gasteiger partial charge in [0.15, 0.2) is 0 Å². The van der Waals surface area contributed by atoms with Crippen molar-refractivity contribution in [3.8, 4) is 0 Å². The SMILES string of the molecule is Cn1ncnc1CC(=O)C1CC2CCC1C2. The monoisotopic (exact) mass is 219 g/mol. The first kappa shape index (κ1) is 10.00. The quantitative estimate of drug-likeness (QED) is 0.771. The van der Waals surface area contributed by atoms with Crippen LogP contribution in [0.1, 0.15) is 31.5 Å². The number of Topliss-reactive ketones (excluding diaryl/α,β-unsaturated/α-hetero) is 1. The number of fused-ring (bicyclic) bond motifs is 2. The third-order valence-electron chi connectivity index (χ3n) is 4.29. The maximum Gasteiger partial charge on any atom is 0.143 e. The third kappa shape index (κ3) is 1.56. The topological polar surface area (TPSA) is 47.8 Å². The Balaban J connectivity index is 1.68. The Hall–Kier alpha value is -1.19. The fourth-order valence-corrected chi connectivity index (χ4v) is 3.41. The summed E-state index contributed by atoms with van der Waals surface area (Å²) in [6.45, 7) is 0. The number of hydrogen-bond acceptors (Lipinski definition) is 3. The summed E-state index contributed by atoms with van der Waals surface area (Å²) >= 11 is 0. The minimum Gasteiger partial charge on any atom is -0.299 e. The Bertz CT molecular complexity index is 412. The van der Waals surface area contributed by atoms with Crippen LogP contribution in [0.15, 0.2) is 6.33 Å². The summed E-state index contributed by atoms with van der Waals surface area (Å²) in [4.78, 5) is 16.3. The highest BCUT2D eigenvalue weighted by Gasteiger charge is 2.42. The van der Waals surface area contributed by atoms with Crippen LogP contribution in [-0.4, -0.2) is 20.5 Å². The van der Waals surface area contributed by atoms with E-state index in [0.29, 0.717) is 24.0 Å². The zero-order valence-electron chi connectivity index (χ0n) is 9.59. The summed E-state index contributed by atoms with van der Waals surface area (Å²) in [6.07, 6.45) is 7.00. The predicted molar refractivity (Wildman–Crippen MR) is 58.7 cm³/mol. The smallest absolute Gasteiger partial charge is 0.143 e. The van der Waals surface area contributed by atoms with E-state index >= 15 is 0 Å². The van der Waals surface area contributed by atoms with Crippen LogP contribution in [0.25, 0.3) is 0 Å². The zero-order valence-corrected chi connectivity index (χ0v) is 9.59. The minimum absolute atomic E-state index is 0.315. The van der Waals surface area contributed by atoms with Crippen molar-refractivity contribution in [2.75, 3.05) is 0 Å². The highest BCUT2D eigenvalue weighted by Crippen LogP contribution is 2.48. The summed E-state index contributed by atoms with van der Waals surface area (Å²) in [7, 11) is 1.84. The van der Waals surface area contributed by atoms with Crippen molar-refractivity contribution in [2.24, 2.45) is 24.8 Å². The molecule has 16 heavy (non-hydrogen) atoms. The van der Waals surface area contributed by atoms with Crippen molar-refractivity contribution in [1.29, 1.82) is 0 Å². The summed E-state index contributed by atoms with van der Waals surface area (Å²) in [5.74, 6) is 3.00. The van der Waals surface area contributed by atoms with Gasteiger partial charge in [0.2, 0.25) is 0 Å². The van der Waals surface area contributed by atoms with Gasteiger partial charge in [-0.2, -0.15) is 5.10 Å². The van der Waals surface area contributed by atoms with Crippen LogP contribution in [0.4, 0.5) is 0 Å². The number of nitrogens with zero attached hydrogens (tertiary/aromatic N) is 3. The molecule has 4 nitrogen and oxygen atoms in total. The van der Waals surface area contributed by atoms with Crippen LogP contribution in [0.3, 0.4) is 0 Å². The summed E-state index contributed by atoms with van der Waals surface area (Å²) < 4.78 is 1.70. The summed E-state index contributed by atoms with van der Waals surface area (Å²) in [5.41, 5.74) is 0. The first-order valence-electron chi connectivity index (χ1n) is 6.09. The molecule has 86 valence electrons. The zero-order chi connectivity index (χ0) is 11.1. The Morgan fingerprint density at radius 2 is 2.38 bits per heavy atom. The maximum absolute atomic E-state index is 12.2. The van der Waals surface area contributed by atoms with Gasteiger partial charge in [-0.15, -0.1) is 0 Å². The molecule has 1 aromatic heterocycles. The van der Waals surface area contributed by atoms with E-state index in [4.69, 9.17) is 0 Å². The Labute approximate surface area is 95.1 Å². The lowest BCUT2D eigenvalue weighted by molar-refractivity contribution is -0.123. The van der Waals surface area contributed by atoms with E-state index in [-0.39, 0.29) is 0 Å². The van der Waals surface area contributed by atoms with Crippen molar-refractivity contribution in [2.45, 2.75) is 32.1 Å². The number of ketones is 1. The van der Waals surface area contributed by atoms with E-state index in [9.17, 15) is 4.79 Å². The average Bonchev–Trinajstić information content (AvgIpc) is 2.95. The molecule has 0 spiro atoms. The van der Waals surface area contributed by atoms with Crippen molar-refractivity contribution in [1.82, 2.24) is 14.8 Å². The molecule has 0 radical (unpaired) electrons. The second-order valence-electron chi connectivity index (χ2n) is 5.22. The molecule has 2 aliphatic carbocycles. The standard InChI is InChI=1S/C12H17N3O/c1-15-12(13-7-14-15)6-11(16)10-5-8-2-3-9(10)4-8/h7-10H,2-6H2,1H3. The Kier molecular flexibility index (Phi) is 2.30. The number of rotatable bonds is 3. The van der Waals surface area contributed by atoms with E-state index in [1.54, 1.807) is 4.68 Å². The van der Waals surface area contributed by atoms with Gasteiger partial charge in [0, 0.05) is 13.0 Å². The van der Waals surface area contributed by atoms with Gasteiger partial charge >= 0.3 is 0 Å². The number of hydrogen-bond donors (Lipinski definition) is 0. The van der Waals surface area contributed by atoms with Gasteiger partial charge in [-0.3, -0.25) is 9.48 Å². The molecule has 0 aromatic carbocycles. The molecule has 2 fully saturated rings. The lowest BCUT2D eigenvalue weighted by Gasteiger charge is -2.19. The minimum atomic E-state index is 0.315. The second-order valence-corrected chi connectivity index (χ2v) is 5.22. The van der Waals surface area contributed by atoms with Crippen LogP contribution in [0, 0.1) is 17.8 Å². The molecular formula is C12H17N3O. The summed E-state index contributed by atoms with van der Waals surface area (Å²) in [5, 5.41) is 4.00. The van der Waals surface area contributed by atoms with Crippen LogP contribution < -0.4 is 0 Å². The van der Waals surface area contributed by atoms with E-state index in [1.165, 1.54) is 25.6 Å². The van der Waals surface area contributed by atoms with E-state index in [1.807, 2.05) is 7.05 Å². The van der Waals surface area contributed by atoms with Crippen molar-refractivity contribution in [3.05, 3.63) is 12.2 Å². The molecule has 0 N–H and O–H groups in total. The van der Waals surface area contributed by atoms with E-state index < -0.39 is 0 Å². The maximum atomic E-state index is 12.2. The summed E-state index contributed by atoms with van der Waals surface area (Å²) in [6, 6.07) is 0. The van der Waals surface area contributed by atoms with Crippen molar-refractivity contribution < 1.29 is 4.79 Å². The number of carbonyl (C=O) groups excluding carboxylic acids is 1. The molecule has 3 rings (SSSR count). The fourth-order valence-electron chi connectivity index (χ4n) is 3.41. The lowest BCUT2D eigenvalue weighted by atomic mass is 9.84. The van der Waals surface area contributed by atoms with Gasteiger partial charge in [0.05, 0.1) is 6.42 Å². The number of aryl methyl sites for hydroxylation is 1. The van der Waals surface area contributed by atoms with Gasteiger partial charge in [0.25, 0.3) is 0 Å². The first-order chi connectivity index (χ1) is 7.74. The predicted octanol–water partition coefficient (Wildman–Crippen LogP) is 1.36. The van der Waals surface area contributed by atoms with Crippen LogP contribution in [-0.2, 0) is 18.3 Å². The second kappa shape index (κ2) is 3.68. The van der Waals surface area contributed by atoms with Gasteiger partial charge in [-0.25, -0.2) is 4.98 Å². The van der Waals surface area contributed by atoms with Crippen LogP contribution >= 0.6 is 0 Å². The van der Waals surface area contributed by atoms with Gasteiger partial charge in [0.1, 0.15) is 17.9 Å². The Morgan fingerprint density at radius 1 is 1.50 bits per heavy atom. The van der Waals surface area contributed by atoms with Gasteiger partial charge in [-0.05, 0) is 31.1 Å². The molecule has 1 aromatic rings. The molecule has 3 atom stereocenters. The molecular weight excluding hydrogens is 202 g/mol. The third-order valence-corrected chi connectivity index (χ3v) is 4.29. The van der Waals surface area contributed by atoms with E-state index in [0.717, 1.165) is 18.2 Å². The van der Waals surface area contributed by atoms with Crippen molar-refractivity contribution >= 4 is 5.78 Å². The molecule has 2 bridgehead atoms. The molecule has 4 heteroatoms. The van der Waals surface area contributed by atoms with Crippen molar-refractivity contribution in [3.63, 3.8) is 0 Å². The van der Waals surface area contributed by atoms with Crippen LogP contribution in [0.2, 0.25) is 0 Å². The lowest BCUT2D eigenvalue weighted by Crippen LogP contribution is -2.23. The highest BCUT2D eigenvalue weighted by molar-refractivity contribution is 5.83. The molecule has 2 saturated carbocycles. The molecule has 3 unspecified atom stereocenters. The molecule has 0 aliphatic heterocycles. The molecule has 0 amide bonds. The average molecular weight is 219 g/mol. The van der Waals surface area contributed by atoms with Gasteiger partial charge in [-0.1, -0.05) is 6.42 Å². The molecule has 2 aliphatic rings. The molecule has 0 saturated heterocycles. The largest absolute Gasteiger partial charge is 0.299 e. The number of aromatic nitrogens is 3. The fraction of sp³-hybridized carbons (Fsp3) is 0.750. The molecule has 1 heterocycles. The van der Waals surface area contributed by atoms with E-state index in [2.05, 4.69) is 10.1 Å². The van der Waals surface area contributed by atoms with Gasteiger partial charge < -0.3 is 0 Å². The first-order valence-corrected chi connectivity index (χ1v) is 6.09.